The molecule has 0 saturated carbocycles. The van der Waals surface area contributed by atoms with Crippen LogP contribution < -0.4 is 0 Å². The summed E-state index contributed by atoms with van der Waals surface area (Å²) in [6, 6.07) is 9.47. The first-order valence-electron chi connectivity index (χ1n) is 4.16. The standard InChI is InChI=1S/C10H8BrNO2/c1-10(11)8(12-14-9(10)13)7-5-3-2-4-6-7/h2-6H,1H3. The highest BCUT2D eigenvalue weighted by atomic mass is 79.9. The zero-order chi connectivity index (χ0) is 10.2. The van der Waals surface area contributed by atoms with Crippen LogP contribution in [0.5, 0.6) is 0 Å². The van der Waals surface area contributed by atoms with Crippen LogP contribution in [0.25, 0.3) is 0 Å². The van der Waals surface area contributed by atoms with Crippen LogP contribution in [0, 0.1) is 0 Å². The molecule has 2 rings (SSSR count). The molecule has 3 nitrogen and oxygen atoms in total. The maximum absolute atomic E-state index is 11.3. The Morgan fingerprint density at radius 2 is 2.00 bits per heavy atom. The quantitative estimate of drug-likeness (QED) is 0.568. The molecule has 0 saturated heterocycles. The number of nitrogens with zero attached hydrogens (tertiary/aromatic N) is 1. The first kappa shape index (κ1) is 9.40. The summed E-state index contributed by atoms with van der Waals surface area (Å²) in [5.74, 6) is -0.378. The van der Waals surface area contributed by atoms with Gasteiger partial charge in [-0.25, -0.2) is 4.79 Å². The fourth-order valence-corrected chi connectivity index (χ4v) is 1.65. The van der Waals surface area contributed by atoms with Crippen LogP contribution in [-0.4, -0.2) is 16.0 Å². The van der Waals surface area contributed by atoms with E-state index < -0.39 is 4.32 Å². The lowest BCUT2D eigenvalue weighted by atomic mass is 9.99. The Labute approximate surface area is 89.9 Å². The summed E-state index contributed by atoms with van der Waals surface area (Å²) in [6.45, 7) is 1.73. The zero-order valence-electron chi connectivity index (χ0n) is 7.53. The number of carbonyl (C=O) groups excluding carboxylic acids is 1. The second kappa shape index (κ2) is 3.20. The Balaban J connectivity index is 2.43. The summed E-state index contributed by atoms with van der Waals surface area (Å²) in [5, 5.41) is 3.76. The van der Waals surface area contributed by atoms with Crippen LogP contribution in [0.2, 0.25) is 0 Å². The minimum Gasteiger partial charge on any atom is -0.316 e. The molecule has 1 unspecified atom stereocenters. The van der Waals surface area contributed by atoms with E-state index in [0.29, 0.717) is 5.71 Å². The lowest BCUT2D eigenvalue weighted by Crippen LogP contribution is -2.33. The van der Waals surface area contributed by atoms with Crippen molar-refractivity contribution in [3.05, 3.63) is 35.9 Å². The lowest BCUT2D eigenvalue weighted by molar-refractivity contribution is -0.141. The molecule has 72 valence electrons. The maximum atomic E-state index is 11.3. The molecule has 0 bridgehead atoms. The summed E-state index contributed by atoms with van der Waals surface area (Å²) in [4.78, 5) is 15.9. The number of alkyl halides is 1. The molecule has 0 fully saturated rings. The van der Waals surface area contributed by atoms with Crippen molar-refractivity contribution in [3.63, 3.8) is 0 Å². The van der Waals surface area contributed by atoms with E-state index in [4.69, 9.17) is 0 Å². The number of halogens is 1. The van der Waals surface area contributed by atoms with E-state index in [1.54, 1.807) is 6.92 Å². The van der Waals surface area contributed by atoms with Gasteiger partial charge in [-0.05, 0) is 6.92 Å². The SMILES string of the molecule is CC1(Br)C(=O)ON=C1c1ccccc1. The van der Waals surface area contributed by atoms with Gasteiger partial charge in [-0.3, -0.25) is 0 Å². The molecular weight excluding hydrogens is 246 g/mol. The van der Waals surface area contributed by atoms with Gasteiger partial charge in [-0.1, -0.05) is 51.4 Å². The molecule has 0 aliphatic carbocycles. The van der Waals surface area contributed by atoms with Gasteiger partial charge in [0.05, 0.1) is 0 Å². The van der Waals surface area contributed by atoms with Crippen molar-refractivity contribution >= 4 is 27.6 Å². The topological polar surface area (TPSA) is 38.7 Å². The van der Waals surface area contributed by atoms with E-state index in [2.05, 4.69) is 25.9 Å². The summed E-state index contributed by atoms with van der Waals surface area (Å²) in [7, 11) is 0. The van der Waals surface area contributed by atoms with Crippen molar-refractivity contribution in [2.24, 2.45) is 5.16 Å². The summed E-state index contributed by atoms with van der Waals surface area (Å²) < 4.78 is -0.825. The molecule has 0 N–H and O–H groups in total. The summed E-state index contributed by atoms with van der Waals surface area (Å²) >= 11 is 3.31. The van der Waals surface area contributed by atoms with E-state index in [-0.39, 0.29) is 5.97 Å². The Morgan fingerprint density at radius 3 is 2.50 bits per heavy atom. The highest BCUT2D eigenvalue weighted by Crippen LogP contribution is 2.30. The van der Waals surface area contributed by atoms with E-state index in [1.165, 1.54) is 0 Å². The molecule has 1 aliphatic rings. The molecule has 1 aliphatic heterocycles. The fourth-order valence-electron chi connectivity index (χ4n) is 1.27. The van der Waals surface area contributed by atoms with Gasteiger partial charge < -0.3 is 4.84 Å². The number of rotatable bonds is 1. The number of oxime groups is 1. The summed E-state index contributed by atoms with van der Waals surface area (Å²) in [5.41, 5.74) is 1.50. The minimum atomic E-state index is -0.825. The van der Waals surface area contributed by atoms with Crippen molar-refractivity contribution in [2.75, 3.05) is 0 Å². The van der Waals surface area contributed by atoms with E-state index >= 15 is 0 Å². The second-order valence-electron chi connectivity index (χ2n) is 3.19. The highest BCUT2D eigenvalue weighted by molar-refractivity contribution is 9.10. The van der Waals surface area contributed by atoms with Gasteiger partial charge in [0.25, 0.3) is 0 Å². The number of benzene rings is 1. The minimum absolute atomic E-state index is 0.378. The van der Waals surface area contributed by atoms with Gasteiger partial charge in [0.15, 0.2) is 4.32 Å². The third kappa shape index (κ3) is 1.35. The third-order valence-corrected chi connectivity index (χ3v) is 2.79. The normalized spacial score (nSPS) is 25.9. The van der Waals surface area contributed by atoms with Crippen molar-refractivity contribution in [1.29, 1.82) is 0 Å². The third-order valence-electron chi connectivity index (χ3n) is 2.10. The van der Waals surface area contributed by atoms with Crippen LogP contribution in [-0.2, 0) is 9.63 Å². The van der Waals surface area contributed by atoms with E-state index in [0.717, 1.165) is 5.56 Å². The lowest BCUT2D eigenvalue weighted by Gasteiger charge is -2.12. The van der Waals surface area contributed by atoms with Gasteiger partial charge in [0.2, 0.25) is 0 Å². The van der Waals surface area contributed by atoms with Crippen molar-refractivity contribution in [1.82, 2.24) is 0 Å². The highest BCUT2D eigenvalue weighted by Gasteiger charge is 2.44. The molecule has 1 atom stereocenters. The van der Waals surface area contributed by atoms with Crippen LogP contribution >= 0.6 is 15.9 Å². The van der Waals surface area contributed by atoms with Gasteiger partial charge in [0.1, 0.15) is 5.71 Å². The average Bonchev–Trinajstić information content (AvgIpc) is 2.44. The Hall–Kier alpha value is -1.16. The van der Waals surface area contributed by atoms with Crippen LogP contribution in [0.4, 0.5) is 0 Å². The molecule has 14 heavy (non-hydrogen) atoms. The first-order chi connectivity index (χ1) is 6.62. The smallest absolute Gasteiger partial charge is 0.316 e. The Kier molecular flexibility index (Phi) is 2.15. The number of hydrogen-bond donors (Lipinski definition) is 0. The van der Waals surface area contributed by atoms with Gasteiger partial charge in [0, 0.05) is 5.56 Å². The monoisotopic (exact) mass is 253 g/mol. The van der Waals surface area contributed by atoms with Crippen LogP contribution in [0.1, 0.15) is 12.5 Å². The Bertz CT molecular complexity index is 398. The van der Waals surface area contributed by atoms with Crippen LogP contribution in [0.3, 0.4) is 0 Å². The van der Waals surface area contributed by atoms with Crippen molar-refractivity contribution < 1.29 is 9.63 Å². The van der Waals surface area contributed by atoms with Gasteiger partial charge in [-0.2, -0.15) is 0 Å². The van der Waals surface area contributed by atoms with Crippen molar-refractivity contribution in [2.45, 2.75) is 11.2 Å². The van der Waals surface area contributed by atoms with Crippen LogP contribution in [0.15, 0.2) is 35.5 Å². The molecule has 4 heteroatoms. The molecule has 1 aromatic rings. The van der Waals surface area contributed by atoms with Gasteiger partial charge in [-0.15, -0.1) is 0 Å². The van der Waals surface area contributed by atoms with E-state index in [1.807, 2.05) is 30.3 Å². The molecule has 0 spiro atoms. The summed E-state index contributed by atoms with van der Waals surface area (Å²) in [6.07, 6.45) is 0. The van der Waals surface area contributed by atoms with E-state index in [9.17, 15) is 4.79 Å². The largest absolute Gasteiger partial charge is 0.357 e. The first-order valence-corrected chi connectivity index (χ1v) is 4.96. The molecule has 0 aromatic heterocycles. The predicted molar refractivity (Wildman–Crippen MR) is 56.4 cm³/mol. The number of carbonyl (C=O) groups is 1. The van der Waals surface area contributed by atoms with Gasteiger partial charge >= 0.3 is 5.97 Å². The predicted octanol–water partition coefficient (Wildman–Crippen LogP) is 2.10. The average molecular weight is 254 g/mol. The Morgan fingerprint density at radius 1 is 1.36 bits per heavy atom. The molecular formula is C10H8BrNO2. The molecule has 0 amide bonds. The van der Waals surface area contributed by atoms with Crippen molar-refractivity contribution in [3.8, 4) is 0 Å². The molecule has 1 aromatic carbocycles. The fraction of sp³-hybridized carbons (Fsp3) is 0.200. The molecule has 1 heterocycles. The maximum Gasteiger partial charge on any atom is 0.357 e. The zero-order valence-corrected chi connectivity index (χ0v) is 9.11. The number of hydrogen-bond acceptors (Lipinski definition) is 3. The molecule has 0 radical (unpaired) electrons. The second-order valence-corrected chi connectivity index (χ2v) is 4.77.